The van der Waals surface area contributed by atoms with Crippen LogP contribution in [-0.4, -0.2) is 41.0 Å². The van der Waals surface area contributed by atoms with Gasteiger partial charge in [-0.15, -0.1) is 0 Å². The third kappa shape index (κ3) is 2.33. The molecule has 1 aromatic heterocycles. The molecule has 21 heavy (non-hydrogen) atoms. The number of para-hydroxylation sites is 1. The summed E-state index contributed by atoms with van der Waals surface area (Å²) in [5, 5.41) is 14.2. The van der Waals surface area contributed by atoms with Crippen LogP contribution in [0.15, 0.2) is 22.6 Å². The van der Waals surface area contributed by atoms with Crippen LogP contribution in [0.5, 0.6) is 0 Å². The molecule has 1 aromatic carbocycles. The van der Waals surface area contributed by atoms with E-state index in [0.717, 1.165) is 19.4 Å². The third-order valence-corrected chi connectivity index (χ3v) is 4.40. The highest BCUT2D eigenvalue weighted by atomic mass is 16.6. The molecule has 1 fully saturated rings. The molecule has 112 valence electrons. The van der Waals surface area contributed by atoms with Crippen molar-refractivity contribution in [2.75, 3.05) is 26.0 Å². The number of benzene rings is 1. The van der Waals surface area contributed by atoms with Gasteiger partial charge in [-0.2, -0.15) is 4.98 Å². The van der Waals surface area contributed by atoms with Crippen molar-refractivity contribution >= 4 is 22.8 Å². The number of nitrogens with zero attached hydrogens (tertiary/aromatic N) is 3. The molecule has 1 N–H and O–H groups in total. The van der Waals surface area contributed by atoms with E-state index in [0.29, 0.717) is 11.6 Å². The molecule has 1 aliphatic carbocycles. The molecular weight excluding hydrogens is 272 g/mol. The smallest absolute Gasteiger partial charge is 0.298 e. The number of nitrogens with one attached hydrogen (secondary N) is 1. The van der Waals surface area contributed by atoms with Gasteiger partial charge in [-0.25, -0.2) is 0 Å². The van der Waals surface area contributed by atoms with Crippen LogP contribution in [-0.2, 0) is 0 Å². The molecule has 2 aromatic rings. The summed E-state index contributed by atoms with van der Waals surface area (Å²) in [5.74, 6) is 0. The molecule has 0 bridgehead atoms. The van der Waals surface area contributed by atoms with Crippen LogP contribution in [0, 0.1) is 10.1 Å². The van der Waals surface area contributed by atoms with Crippen molar-refractivity contribution in [2.24, 2.45) is 0 Å². The third-order valence-electron chi connectivity index (χ3n) is 4.40. The number of nitro groups is 1. The van der Waals surface area contributed by atoms with Crippen molar-refractivity contribution in [3.8, 4) is 0 Å². The minimum absolute atomic E-state index is 0.0322. The molecule has 1 aliphatic rings. The number of non-ortho nitro benzene ring substituents is 1. The van der Waals surface area contributed by atoms with Gasteiger partial charge < -0.3 is 14.6 Å². The highest BCUT2D eigenvalue weighted by molar-refractivity contribution is 5.83. The molecule has 0 unspecified atom stereocenters. The Morgan fingerprint density at radius 1 is 1.48 bits per heavy atom. The summed E-state index contributed by atoms with van der Waals surface area (Å²) in [5.41, 5.74) is 0.819. The maximum atomic E-state index is 11.0. The molecular formula is C14H18N4O3. The lowest BCUT2D eigenvalue weighted by atomic mass is 9.75. The molecule has 0 saturated heterocycles. The van der Waals surface area contributed by atoms with Gasteiger partial charge in [0.2, 0.25) is 0 Å². The molecule has 1 heterocycles. The van der Waals surface area contributed by atoms with E-state index in [9.17, 15) is 10.1 Å². The van der Waals surface area contributed by atoms with Crippen LogP contribution in [0.4, 0.5) is 11.7 Å². The first-order chi connectivity index (χ1) is 10.0. The molecule has 0 atom stereocenters. The quantitative estimate of drug-likeness (QED) is 0.673. The van der Waals surface area contributed by atoms with Crippen molar-refractivity contribution in [2.45, 2.75) is 24.8 Å². The van der Waals surface area contributed by atoms with E-state index in [1.54, 1.807) is 12.1 Å². The maximum Gasteiger partial charge on any atom is 0.298 e. The number of aromatic nitrogens is 1. The minimum Gasteiger partial charge on any atom is -0.423 e. The van der Waals surface area contributed by atoms with Gasteiger partial charge in [0.15, 0.2) is 11.1 Å². The first-order valence-electron chi connectivity index (χ1n) is 6.97. The monoisotopic (exact) mass is 290 g/mol. The molecule has 7 heteroatoms. The maximum absolute atomic E-state index is 11.0. The predicted octanol–water partition coefficient (Wildman–Crippen LogP) is 2.63. The first kappa shape index (κ1) is 13.8. The van der Waals surface area contributed by atoms with Gasteiger partial charge in [0.05, 0.1) is 4.92 Å². The van der Waals surface area contributed by atoms with Gasteiger partial charge in [0.1, 0.15) is 0 Å². The molecule has 1 saturated carbocycles. The van der Waals surface area contributed by atoms with Gasteiger partial charge >= 0.3 is 0 Å². The summed E-state index contributed by atoms with van der Waals surface area (Å²) in [6.07, 6.45) is 3.49. The Kier molecular flexibility index (Phi) is 3.29. The van der Waals surface area contributed by atoms with Crippen LogP contribution in [0.1, 0.15) is 19.3 Å². The Morgan fingerprint density at radius 2 is 2.24 bits per heavy atom. The average Bonchev–Trinajstić information content (AvgIpc) is 2.79. The van der Waals surface area contributed by atoms with E-state index in [1.807, 2.05) is 0 Å². The van der Waals surface area contributed by atoms with Gasteiger partial charge in [-0.3, -0.25) is 10.1 Å². The lowest BCUT2D eigenvalue weighted by Crippen LogP contribution is -2.54. The fourth-order valence-electron chi connectivity index (χ4n) is 2.76. The van der Waals surface area contributed by atoms with Crippen LogP contribution in [0.3, 0.4) is 0 Å². The molecule has 3 rings (SSSR count). The number of nitro benzene ring substituents is 1. The molecule has 0 amide bonds. The van der Waals surface area contributed by atoms with Gasteiger partial charge in [-0.05, 0) is 39.4 Å². The van der Waals surface area contributed by atoms with E-state index in [4.69, 9.17) is 4.42 Å². The normalized spacial score (nSPS) is 16.9. The topological polar surface area (TPSA) is 84.4 Å². The summed E-state index contributed by atoms with van der Waals surface area (Å²) in [7, 11) is 4.13. The number of hydrogen-bond acceptors (Lipinski definition) is 6. The Morgan fingerprint density at radius 3 is 2.81 bits per heavy atom. The van der Waals surface area contributed by atoms with Crippen molar-refractivity contribution in [3.05, 3.63) is 28.3 Å². The lowest BCUT2D eigenvalue weighted by molar-refractivity contribution is -0.383. The zero-order valence-corrected chi connectivity index (χ0v) is 12.1. The average molecular weight is 290 g/mol. The highest BCUT2D eigenvalue weighted by Crippen LogP contribution is 2.36. The van der Waals surface area contributed by atoms with Gasteiger partial charge in [0.25, 0.3) is 11.7 Å². The number of fused-ring (bicyclic) bond motifs is 1. The molecule has 0 radical (unpaired) electrons. The number of rotatable bonds is 5. The second-order valence-corrected chi connectivity index (χ2v) is 5.73. The van der Waals surface area contributed by atoms with Crippen LogP contribution >= 0.6 is 0 Å². The van der Waals surface area contributed by atoms with Crippen LogP contribution < -0.4 is 5.32 Å². The van der Waals surface area contributed by atoms with Gasteiger partial charge in [-0.1, -0.05) is 6.07 Å². The standard InChI is InChI=1S/C14H18N4O3/c1-17(2)14(7-4-8-14)9-15-13-16-12-10(18(19)20)5-3-6-11(12)21-13/h3,5-6H,4,7-9H2,1-2H3,(H,15,16). The fraction of sp³-hybridized carbons (Fsp3) is 0.500. The summed E-state index contributed by atoms with van der Waals surface area (Å²) >= 11 is 0. The lowest BCUT2D eigenvalue weighted by Gasteiger charge is -2.47. The summed E-state index contributed by atoms with van der Waals surface area (Å²) in [6.45, 7) is 0.723. The summed E-state index contributed by atoms with van der Waals surface area (Å²) in [4.78, 5) is 17.0. The van der Waals surface area contributed by atoms with Crippen LogP contribution in [0.2, 0.25) is 0 Å². The van der Waals surface area contributed by atoms with E-state index < -0.39 is 4.92 Å². The van der Waals surface area contributed by atoms with Crippen molar-refractivity contribution in [3.63, 3.8) is 0 Å². The number of likely N-dealkylation sites (N-methyl/N-ethyl adjacent to an activating group) is 1. The molecule has 0 aliphatic heterocycles. The zero-order chi connectivity index (χ0) is 15.0. The Balaban J connectivity index is 1.82. The Hall–Kier alpha value is -2.15. The number of oxazole rings is 1. The second kappa shape index (κ2) is 5.00. The summed E-state index contributed by atoms with van der Waals surface area (Å²) in [6, 6.07) is 5.06. The highest BCUT2D eigenvalue weighted by Gasteiger charge is 2.39. The Bertz CT molecular complexity index is 676. The zero-order valence-electron chi connectivity index (χ0n) is 12.1. The van der Waals surface area contributed by atoms with Crippen molar-refractivity contribution in [1.82, 2.24) is 9.88 Å². The van der Waals surface area contributed by atoms with E-state index in [1.165, 1.54) is 12.5 Å². The Labute approximate surface area is 122 Å². The van der Waals surface area contributed by atoms with Crippen molar-refractivity contribution < 1.29 is 9.34 Å². The fourth-order valence-corrected chi connectivity index (χ4v) is 2.76. The predicted molar refractivity (Wildman–Crippen MR) is 79.4 cm³/mol. The largest absolute Gasteiger partial charge is 0.423 e. The SMILES string of the molecule is CN(C)C1(CNc2nc3c([N+](=O)[O-])cccc3o2)CCC1. The van der Waals surface area contributed by atoms with Gasteiger partial charge in [0, 0.05) is 18.2 Å². The number of hydrogen-bond donors (Lipinski definition) is 1. The molecule has 7 nitrogen and oxygen atoms in total. The minimum atomic E-state index is -0.443. The summed E-state index contributed by atoms with van der Waals surface area (Å²) < 4.78 is 5.56. The molecule has 0 spiro atoms. The first-order valence-corrected chi connectivity index (χ1v) is 6.97. The van der Waals surface area contributed by atoms with Crippen molar-refractivity contribution in [1.29, 1.82) is 0 Å². The van der Waals surface area contributed by atoms with Crippen LogP contribution in [0.25, 0.3) is 11.1 Å². The van der Waals surface area contributed by atoms with E-state index in [-0.39, 0.29) is 16.7 Å². The van der Waals surface area contributed by atoms with E-state index >= 15 is 0 Å². The second-order valence-electron chi connectivity index (χ2n) is 5.73. The number of anilines is 1. The van der Waals surface area contributed by atoms with E-state index in [2.05, 4.69) is 29.3 Å².